The number of rotatable bonds is 6. The first kappa shape index (κ1) is 75.3. The van der Waals surface area contributed by atoms with Crippen molar-refractivity contribution < 1.29 is 32.8 Å². The Hall–Kier alpha value is -17.2. The minimum Gasteiger partial charge on any atom is -0.453 e. The lowest BCUT2D eigenvalue weighted by molar-refractivity contribution is -1.02. The first-order valence-electron chi connectivity index (χ1n) is 47.7. The Kier molecular flexibility index (Phi) is 14.2. The molecule has 10 aliphatic heterocycles. The molecule has 0 saturated heterocycles. The van der Waals surface area contributed by atoms with Gasteiger partial charge in [-0.2, -0.15) is 0 Å². The van der Waals surface area contributed by atoms with Gasteiger partial charge in [0.05, 0.1) is 97.7 Å². The highest BCUT2D eigenvalue weighted by molar-refractivity contribution is 6.14. The molecule has 0 saturated carbocycles. The number of hydrogen-bond donors (Lipinski definition) is 0. The second kappa shape index (κ2) is 25.8. The van der Waals surface area contributed by atoms with Crippen molar-refractivity contribution in [2.45, 2.75) is 86.2 Å². The molecule has 648 valence electrons. The Morgan fingerprint density at radius 1 is 0.255 bits per heavy atom. The third-order valence-corrected chi connectivity index (χ3v) is 32.1. The molecule has 137 heavy (non-hydrogen) atoms. The van der Waals surface area contributed by atoms with E-state index in [0.717, 1.165) is 22.9 Å². The van der Waals surface area contributed by atoms with Gasteiger partial charge < -0.3 is 18.8 Å². The Labute approximate surface area is 788 Å². The maximum Gasteiger partial charge on any atom is 0.466 e. The molecule has 0 bridgehead atoms. The van der Waals surface area contributed by atoms with Gasteiger partial charge in [0.25, 0.3) is 0 Å². The van der Waals surface area contributed by atoms with Crippen molar-refractivity contribution in [1.82, 2.24) is 37.2 Å². The molecule has 3 unspecified atom stereocenters. The van der Waals surface area contributed by atoms with Crippen LogP contribution >= 0.6 is 0 Å². The highest BCUT2D eigenvalue weighted by Gasteiger charge is 2.78. The van der Waals surface area contributed by atoms with Crippen LogP contribution in [0.1, 0.15) is 89.9 Å². The van der Waals surface area contributed by atoms with Crippen molar-refractivity contribution in [3.05, 3.63) is 448 Å². The number of ether oxygens (including phenoxy) is 1. The van der Waals surface area contributed by atoms with Crippen molar-refractivity contribution in [3.8, 4) is 124 Å². The van der Waals surface area contributed by atoms with E-state index >= 15 is 0 Å². The normalized spacial score (nSPS) is 16.5. The summed E-state index contributed by atoms with van der Waals surface area (Å²) < 4.78 is 41.5. The molecule has 16 heteroatoms. The quantitative estimate of drug-likeness (QED) is 0.156. The summed E-state index contributed by atoms with van der Waals surface area (Å²) in [6.45, 7) is 22.6. The van der Waals surface area contributed by atoms with Gasteiger partial charge >= 0.3 is 17.0 Å². The molecule has 0 aliphatic carbocycles. The van der Waals surface area contributed by atoms with Crippen molar-refractivity contribution in [1.29, 1.82) is 0 Å². The van der Waals surface area contributed by atoms with E-state index in [1.54, 1.807) is 0 Å². The molecule has 10 aliphatic rings. The fourth-order valence-electron chi connectivity index (χ4n) is 27.2. The maximum atomic E-state index is 6.69. The molecule has 0 radical (unpaired) electrons. The van der Waals surface area contributed by atoms with Crippen LogP contribution in [-0.2, 0) is 17.0 Å². The molecule has 3 atom stereocenters. The zero-order valence-corrected chi connectivity index (χ0v) is 77.2. The van der Waals surface area contributed by atoms with Crippen molar-refractivity contribution in [3.63, 3.8) is 0 Å². The number of anilines is 3. The van der Waals surface area contributed by atoms with Crippen LogP contribution in [0.5, 0.6) is 11.5 Å². The molecular formula is C121H89N15O+6. The summed E-state index contributed by atoms with van der Waals surface area (Å²) in [6.07, 6.45) is 11.5. The topological polar surface area (TPSA) is 75.2 Å². The largest absolute Gasteiger partial charge is 0.466 e. The van der Waals surface area contributed by atoms with Crippen LogP contribution in [0.3, 0.4) is 0 Å². The Morgan fingerprint density at radius 2 is 0.642 bits per heavy atom. The summed E-state index contributed by atoms with van der Waals surface area (Å²) in [4.78, 5) is 2.44. The molecule has 8 aromatic heterocycles. The van der Waals surface area contributed by atoms with Crippen LogP contribution < -0.4 is 37.7 Å². The van der Waals surface area contributed by atoms with Gasteiger partial charge in [0.15, 0.2) is 44.9 Å². The van der Waals surface area contributed by atoms with Gasteiger partial charge in [-0.15, -0.1) is 28.1 Å². The minimum atomic E-state index is -0.642. The van der Waals surface area contributed by atoms with Crippen LogP contribution in [0.2, 0.25) is 0 Å². The van der Waals surface area contributed by atoms with Crippen LogP contribution in [0.25, 0.3) is 156 Å². The fraction of sp³-hybridized carbons (Fsp3) is 0.107. The summed E-state index contributed by atoms with van der Waals surface area (Å²) in [6, 6.07) is 120. The van der Waals surface area contributed by atoms with E-state index in [4.69, 9.17) is 4.74 Å². The summed E-state index contributed by atoms with van der Waals surface area (Å²) >= 11 is 0. The van der Waals surface area contributed by atoms with Crippen LogP contribution in [0.4, 0.5) is 17.1 Å². The van der Waals surface area contributed by atoms with Gasteiger partial charge in [-0.25, -0.2) is 0 Å². The second-order valence-electron chi connectivity index (χ2n) is 39.0. The lowest BCUT2D eigenvalue weighted by atomic mass is 9.82. The SMILES string of the molecule is Cc1cc(-c2ccccc2)ccc1-c1cn2[n+](c1C)C13c4c(cccc4-2)-n2c4ccccc4c4ccc(c1c42)-n1ccc[n+]13.Cc1cc(-c2ccccc2)ccc1-c1cn2[n+](c1C)C13c4c(cccc4-n4c(C)cc(C)[n+]41)-n1c4ccccc4c4ccc-2c3c41.Cc1cc(-c2ccccc2)ccc1-c1cn2[n+](c1C)C13c4c(cccc4-n4c(C)cc(C)[n+]41)N1c4ccccc4Oc4ccc-2c3c41. The average Bonchev–Trinajstić information content (AvgIpc) is 1.47. The first-order chi connectivity index (χ1) is 67.2. The molecular weight excluding hydrogens is 1680 g/mol. The summed E-state index contributed by atoms with van der Waals surface area (Å²) in [7, 11) is 0. The number of hydrogen-bond acceptors (Lipinski definition) is 2. The molecule has 16 nitrogen and oxygen atoms in total. The van der Waals surface area contributed by atoms with Gasteiger partial charge in [-0.3, -0.25) is 0 Å². The van der Waals surface area contributed by atoms with E-state index in [0.29, 0.717) is 0 Å². The predicted octanol–water partition coefficient (Wildman–Crippen LogP) is 23.1. The fourth-order valence-corrected chi connectivity index (χ4v) is 27.2. The second-order valence-corrected chi connectivity index (χ2v) is 39.0. The monoisotopic (exact) mass is 1770 g/mol. The van der Waals surface area contributed by atoms with Crippen molar-refractivity contribution in [2.24, 2.45) is 0 Å². The Bertz CT molecular complexity index is 9540. The lowest BCUT2D eigenvalue weighted by Gasteiger charge is -2.38. The lowest BCUT2D eigenvalue weighted by Crippen LogP contribution is -2.76. The van der Waals surface area contributed by atoms with Gasteiger partial charge in [0.1, 0.15) is 39.8 Å². The highest BCUT2D eigenvalue weighted by Crippen LogP contribution is 2.65. The molecule has 0 fully saturated rings. The summed E-state index contributed by atoms with van der Waals surface area (Å²) in [5.74, 6) is 1.76. The van der Waals surface area contributed by atoms with Crippen molar-refractivity contribution in [2.75, 3.05) is 4.90 Å². The molecule has 3 spiro atoms. The summed E-state index contributed by atoms with van der Waals surface area (Å²) in [5.41, 5.74) is 52.0. The average molecular weight is 1770 g/mol. The number of benzene rings is 15. The minimum absolute atomic E-state index is 0.547. The smallest absolute Gasteiger partial charge is 0.453 e. The van der Waals surface area contributed by atoms with Gasteiger partial charge in [0.2, 0.25) is 34.7 Å². The highest BCUT2D eigenvalue weighted by atomic mass is 16.5. The Balaban J connectivity index is 0.0000000955. The number of nitrogens with zero attached hydrogens (tertiary/aromatic N) is 15. The van der Waals surface area contributed by atoms with Gasteiger partial charge in [-0.1, -0.05) is 212 Å². The van der Waals surface area contributed by atoms with E-state index < -0.39 is 17.0 Å². The number of aromatic nitrogens is 14. The third-order valence-electron chi connectivity index (χ3n) is 32.1. The van der Waals surface area contributed by atoms with Crippen LogP contribution in [0, 0.1) is 69.2 Å². The summed E-state index contributed by atoms with van der Waals surface area (Å²) in [5, 5.41) is 5.21. The van der Waals surface area contributed by atoms with Crippen LogP contribution in [0.15, 0.2) is 359 Å². The van der Waals surface area contributed by atoms with Crippen LogP contribution in [-0.4, -0.2) is 37.2 Å². The van der Waals surface area contributed by atoms with E-state index in [1.807, 2.05) is 0 Å². The molecule has 15 aromatic carbocycles. The van der Waals surface area contributed by atoms with Gasteiger partial charge in [0, 0.05) is 74.4 Å². The number of aryl methyl sites for hydroxylation is 7. The number of fused-ring (bicyclic) bond motifs is 23. The third kappa shape index (κ3) is 8.77. The van der Waals surface area contributed by atoms with E-state index in [-0.39, 0.29) is 0 Å². The standard InChI is InChI=1S/C41H31N5O.C41H31N5.C39H27N5/c1-24-21-29(28-11-6-5-7-12-28)17-18-30(24)31-23-42-33-19-20-37-40-39(33)41(46(42)27(31)4)38-34(43(40)32-13-8-9-16-36(32)47-37)14-10-15-35(38)44-25(2)22-26(3)45(41)44;1-24-21-29(28-11-6-5-7-12-28)17-18-30(24)33-23-42-35-20-19-32-31-13-8-9-14-34(31)43-36-15-10-16-37-38(36)41(39(35)40(32)43,46(42)27(33)4)45-26(3)22-25(2)44(37)45;1-24-22-27(26-10-4-3-5-11-26)16-17-28(24)31-23-41-33-14-8-15-35-36(33)39(44(41)25(31)2)37-34(40-20-9-21-42(39)40)19-18-30-29-12-6-7-13-32(29)43(35)38(30)37/h5-23H,1-4H3;5-23H,1-4H3;3-23H,1-2H3/q3*+2. The number of para-hydroxylation sites is 4. The van der Waals surface area contributed by atoms with Crippen molar-refractivity contribution >= 4 is 60.7 Å². The molecule has 33 rings (SSSR count). The first-order valence-corrected chi connectivity index (χ1v) is 47.7. The van der Waals surface area contributed by atoms with Gasteiger partial charge in [-0.05, 0) is 227 Å². The zero-order chi connectivity index (χ0) is 90.9. The van der Waals surface area contributed by atoms with E-state index in [2.05, 4.69) is 498 Å². The Morgan fingerprint density at radius 3 is 1.15 bits per heavy atom. The molecule has 18 heterocycles. The zero-order valence-electron chi connectivity index (χ0n) is 77.2. The molecule has 0 amide bonds. The van der Waals surface area contributed by atoms with E-state index in [1.165, 1.54) is 251 Å². The molecule has 0 N–H and O–H groups in total. The maximum absolute atomic E-state index is 6.69. The predicted molar refractivity (Wildman–Crippen MR) is 535 cm³/mol. The van der Waals surface area contributed by atoms with E-state index in [9.17, 15) is 0 Å². The molecule has 23 aromatic rings.